The molecule has 4 rings (SSSR count). The Labute approximate surface area is 205 Å². The highest BCUT2D eigenvalue weighted by atomic mass is 16.6. The molecule has 1 unspecified atom stereocenters. The highest BCUT2D eigenvalue weighted by Gasteiger charge is 2.25. The van der Waals surface area contributed by atoms with Gasteiger partial charge >= 0.3 is 0 Å². The molecule has 0 saturated carbocycles. The topological polar surface area (TPSA) is 91.6 Å². The monoisotopic (exact) mass is 471 g/mol. The minimum atomic E-state index is -0.457. The van der Waals surface area contributed by atoms with Crippen molar-refractivity contribution in [1.82, 2.24) is 14.8 Å². The fourth-order valence-corrected chi connectivity index (χ4v) is 4.10. The quantitative estimate of drug-likeness (QED) is 0.380. The first-order chi connectivity index (χ1) is 17.0. The van der Waals surface area contributed by atoms with Gasteiger partial charge in [-0.05, 0) is 36.8 Å². The summed E-state index contributed by atoms with van der Waals surface area (Å²) in [6, 6.07) is 20.1. The Balaban J connectivity index is 1.36. The van der Waals surface area contributed by atoms with Crippen LogP contribution >= 0.6 is 0 Å². The first-order valence-electron chi connectivity index (χ1n) is 11.7. The van der Waals surface area contributed by atoms with E-state index in [1.54, 1.807) is 23.2 Å². The third-order valence-electron chi connectivity index (χ3n) is 6.08. The maximum absolute atomic E-state index is 13.1. The summed E-state index contributed by atoms with van der Waals surface area (Å²) in [5.41, 5.74) is 2.50. The predicted molar refractivity (Wildman–Crippen MR) is 137 cm³/mol. The molecule has 1 aromatic heterocycles. The molecular weight excluding hydrogens is 442 g/mol. The van der Waals surface area contributed by atoms with Gasteiger partial charge in [-0.3, -0.25) is 24.8 Å². The molecule has 180 valence electrons. The van der Waals surface area contributed by atoms with Gasteiger partial charge in [-0.2, -0.15) is 0 Å². The lowest BCUT2D eigenvalue weighted by Gasteiger charge is -2.34. The molecule has 35 heavy (non-hydrogen) atoms. The number of nitro benzene ring substituents is 1. The van der Waals surface area contributed by atoms with Crippen LogP contribution in [0.15, 0.2) is 79.0 Å². The smallest absolute Gasteiger partial charge is 0.293 e. The van der Waals surface area contributed by atoms with Crippen molar-refractivity contribution in [3.63, 3.8) is 0 Å². The summed E-state index contributed by atoms with van der Waals surface area (Å²) in [7, 11) is 0. The van der Waals surface area contributed by atoms with E-state index in [1.807, 2.05) is 43.3 Å². The minimum absolute atomic E-state index is 0.122. The van der Waals surface area contributed by atoms with Gasteiger partial charge in [-0.1, -0.05) is 48.6 Å². The molecule has 3 aromatic rings. The van der Waals surface area contributed by atoms with Gasteiger partial charge in [0.2, 0.25) is 0 Å². The normalized spacial score (nSPS) is 15.2. The fourth-order valence-electron chi connectivity index (χ4n) is 4.10. The van der Waals surface area contributed by atoms with E-state index in [0.29, 0.717) is 24.3 Å². The van der Waals surface area contributed by atoms with Crippen molar-refractivity contribution in [3.05, 3.63) is 106 Å². The van der Waals surface area contributed by atoms with Gasteiger partial charge in [-0.25, -0.2) is 0 Å². The van der Waals surface area contributed by atoms with Gasteiger partial charge < -0.3 is 10.2 Å². The van der Waals surface area contributed by atoms with Crippen LogP contribution < -0.4 is 5.32 Å². The number of pyridine rings is 1. The molecule has 0 aliphatic carbocycles. The van der Waals surface area contributed by atoms with Crippen molar-refractivity contribution in [2.45, 2.75) is 13.0 Å². The molecule has 0 bridgehead atoms. The summed E-state index contributed by atoms with van der Waals surface area (Å²) in [6.45, 7) is 5.39. The highest BCUT2D eigenvalue weighted by Crippen LogP contribution is 2.29. The van der Waals surface area contributed by atoms with Crippen LogP contribution in [-0.2, 0) is 0 Å². The Hall–Kier alpha value is -4.04. The zero-order valence-electron chi connectivity index (χ0n) is 19.7. The number of hydrogen-bond donors (Lipinski definition) is 1. The summed E-state index contributed by atoms with van der Waals surface area (Å²) >= 11 is 0. The molecule has 1 aliphatic heterocycles. The number of piperazine rings is 1. The summed E-state index contributed by atoms with van der Waals surface area (Å²) in [6.07, 6.45) is 5.91. The van der Waals surface area contributed by atoms with E-state index in [1.165, 1.54) is 6.07 Å². The van der Waals surface area contributed by atoms with Gasteiger partial charge in [0.05, 0.1) is 16.7 Å². The van der Waals surface area contributed by atoms with E-state index in [4.69, 9.17) is 0 Å². The Kier molecular flexibility index (Phi) is 7.84. The Morgan fingerprint density at radius 3 is 2.51 bits per heavy atom. The van der Waals surface area contributed by atoms with Crippen LogP contribution in [-0.4, -0.2) is 58.3 Å². The number of nitrogens with zero attached hydrogens (tertiary/aromatic N) is 4. The summed E-state index contributed by atoms with van der Waals surface area (Å²) in [5, 5.41) is 14.9. The molecule has 0 spiro atoms. The van der Waals surface area contributed by atoms with Gasteiger partial charge in [-0.15, -0.1) is 0 Å². The van der Waals surface area contributed by atoms with E-state index < -0.39 is 4.92 Å². The van der Waals surface area contributed by atoms with Gasteiger partial charge in [0.15, 0.2) is 0 Å². The third kappa shape index (κ3) is 6.30. The maximum Gasteiger partial charge on any atom is 0.293 e. The molecule has 1 saturated heterocycles. The van der Waals surface area contributed by atoms with Crippen LogP contribution in [0, 0.1) is 10.1 Å². The Bertz CT molecular complexity index is 1180. The van der Waals surface area contributed by atoms with Crippen LogP contribution in [0.2, 0.25) is 0 Å². The number of anilines is 1. The predicted octanol–water partition coefficient (Wildman–Crippen LogP) is 4.63. The second kappa shape index (κ2) is 11.4. The molecule has 1 aliphatic rings. The van der Waals surface area contributed by atoms with E-state index in [2.05, 4.69) is 39.5 Å². The second-order valence-corrected chi connectivity index (χ2v) is 8.52. The zero-order chi connectivity index (χ0) is 24.6. The molecule has 2 heterocycles. The first-order valence-corrected chi connectivity index (χ1v) is 11.7. The molecule has 1 fully saturated rings. The van der Waals surface area contributed by atoms with E-state index in [9.17, 15) is 14.9 Å². The Morgan fingerprint density at radius 1 is 1.09 bits per heavy atom. The molecule has 1 amide bonds. The second-order valence-electron chi connectivity index (χ2n) is 8.52. The fraction of sp³-hybridized carbons (Fsp3) is 0.259. The first kappa shape index (κ1) is 24.1. The summed E-state index contributed by atoms with van der Waals surface area (Å²) in [4.78, 5) is 32.7. The molecule has 8 nitrogen and oxygen atoms in total. The maximum atomic E-state index is 13.1. The van der Waals surface area contributed by atoms with Crippen LogP contribution in [0.1, 0.15) is 34.6 Å². The lowest BCUT2D eigenvalue weighted by Crippen LogP contribution is -2.48. The number of rotatable bonds is 8. The molecule has 1 atom stereocenters. The van der Waals surface area contributed by atoms with E-state index >= 15 is 0 Å². The van der Waals surface area contributed by atoms with Gasteiger partial charge in [0.25, 0.3) is 11.6 Å². The SMILES string of the molecule is CC(Nc1ccc(C(=O)N2CCN(C/C=C/c3ccccc3)CC2)cc1[N+](=O)[O-])c1ccccn1. The largest absolute Gasteiger partial charge is 0.371 e. The van der Waals surface area contributed by atoms with Crippen LogP contribution in [0.3, 0.4) is 0 Å². The molecule has 8 heteroatoms. The van der Waals surface area contributed by atoms with Gasteiger partial charge in [0.1, 0.15) is 5.69 Å². The van der Waals surface area contributed by atoms with Crippen molar-refractivity contribution in [2.75, 3.05) is 38.0 Å². The summed E-state index contributed by atoms with van der Waals surface area (Å²) in [5.74, 6) is -0.183. The number of amides is 1. The number of hydrogen-bond acceptors (Lipinski definition) is 6. The van der Waals surface area contributed by atoms with Crippen molar-refractivity contribution in [3.8, 4) is 0 Å². The van der Waals surface area contributed by atoms with Crippen LogP contribution in [0.4, 0.5) is 11.4 Å². The molecule has 0 radical (unpaired) electrons. The number of nitrogens with one attached hydrogen (secondary N) is 1. The third-order valence-corrected chi connectivity index (χ3v) is 6.08. The van der Waals surface area contributed by atoms with E-state index in [0.717, 1.165) is 30.9 Å². The number of carbonyl (C=O) groups excluding carboxylic acids is 1. The lowest BCUT2D eigenvalue weighted by atomic mass is 10.1. The molecule has 1 N–H and O–H groups in total. The average Bonchev–Trinajstić information content (AvgIpc) is 2.90. The lowest BCUT2D eigenvalue weighted by molar-refractivity contribution is -0.384. The summed E-state index contributed by atoms with van der Waals surface area (Å²) < 4.78 is 0. The average molecular weight is 472 g/mol. The van der Waals surface area contributed by atoms with Crippen LogP contribution in [0.25, 0.3) is 6.08 Å². The van der Waals surface area contributed by atoms with Crippen LogP contribution in [0.5, 0.6) is 0 Å². The van der Waals surface area contributed by atoms with Crippen molar-refractivity contribution in [2.24, 2.45) is 0 Å². The van der Waals surface area contributed by atoms with E-state index in [-0.39, 0.29) is 17.6 Å². The van der Waals surface area contributed by atoms with Gasteiger partial charge in [0, 0.05) is 50.6 Å². The van der Waals surface area contributed by atoms with Crippen molar-refractivity contribution in [1.29, 1.82) is 0 Å². The number of carbonyl (C=O) groups is 1. The number of nitro groups is 1. The molecule has 2 aromatic carbocycles. The minimum Gasteiger partial charge on any atom is -0.371 e. The number of benzene rings is 2. The molecular formula is C27H29N5O3. The van der Waals surface area contributed by atoms with Crippen molar-refractivity contribution >= 4 is 23.4 Å². The highest BCUT2D eigenvalue weighted by molar-refractivity contribution is 5.95. The zero-order valence-corrected chi connectivity index (χ0v) is 19.7. The number of aromatic nitrogens is 1. The standard InChI is InChI=1S/C27H29N5O3/c1-21(24-11-5-6-14-28-24)29-25-13-12-23(20-26(25)32(34)35)27(33)31-18-16-30(17-19-31)15-7-10-22-8-3-2-4-9-22/h2-14,20-21,29H,15-19H2,1H3/b10-7+. The Morgan fingerprint density at radius 2 is 1.83 bits per heavy atom. The van der Waals surface area contributed by atoms with Crippen molar-refractivity contribution < 1.29 is 9.72 Å².